The zero-order chi connectivity index (χ0) is 34.9. The Hall–Kier alpha value is -6.17. The predicted octanol–water partition coefficient (Wildman–Crippen LogP) is 6.00. The monoisotopic (exact) mass is 668 g/mol. The van der Waals surface area contributed by atoms with Crippen molar-refractivity contribution in [3.8, 4) is 0 Å². The fourth-order valence-electron chi connectivity index (χ4n) is 5.59. The first kappa shape index (κ1) is 33.7. The van der Waals surface area contributed by atoms with Crippen LogP contribution in [-0.4, -0.2) is 41.0 Å². The molecule has 0 spiro atoms. The van der Waals surface area contributed by atoms with Crippen molar-refractivity contribution in [1.82, 2.24) is 9.97 Å². The van der Waals surface area contributed by atoms with Gasteiger partial charge in [0.1, 0.15) is 13.2 Å². The van der Waals surface area contributed by atoms with Gasteiger partial charge in [0, 0.05) is 60.0 Å². The number of anilines is 2. The third-order valence-electron chi connectivity index (χ3n) is 8.40. The van der Waals surface area contributed by atoms with Crippen LogP contribution in [-0.2, 0) is 32.3 Å². The second-order valence-electron chi connectivity index (χ2n) is 11.7. The summed E-state index contributed by atoms with van der Waals surface area (Å²) in [7, 11) is 0. The van der Waals surface area contributed by atoms with Gasteiger partial charge < -0.3 is 31.6 Å². The number of hydrogen-bond donors (Lipinski definition) is 4. The number of nitrogens with two attached hydrogens (primary N) is 2. The maximum absolute atomic E-state index is 13.1. The smallest absolute Gasteiger partial charge is 0.429 e. The molecule has 0 aliphatic heterocycles. The van der Waals surface area contributed by atoms with E-state index in [0.29, 0.717) is 11.4 Å². The number of rotatable bonds is 12. The highest BCUT2D eigenvalue weighted by Gasteiger charge is 2.21. The van der Waals surface area contributed by atoms with Crippen molar-refractivity contribution in [2.24, 2.45) is 11.5 Å². The van der Waals surface area contributed by atoms with Crippen LogP contribution < -0.4 is 22.1 Å². The molecule has 4 aromatic carbocycles. The summed E-state index contributed by atoms with van der Waals surface area (Å²) in [4.78, 5) is 46.7. The van der Waals surface area contributed by atoms with E-state index in [0.717, 1.165) is 43.8 Å². The Morgan fingerprint density at radius 1 is 0.560 bits per heavy atom. The maximum Gasteiger partial charge on any atom is 0.508 e. The number of carbonyl (C=O) groups is 3. The normalized spacial score (nSPS) is 12.2. The maximum atomic E-state index is 13.1. The Labute approximate surface area is 288 Å². The SMILES string of the molecule is NC[C@@H](C(=O)Nc1ccc2cnccc2c1)c1ccc(COC(=O)OCc2ccc([C@@H](CN)C(=O)Nc3ccc4cnccc4c3)cc2)cc1. The minimum atomic E-state index is -0.825. The summed E-state index contributed by atoms with van der Waals surface area (Å²) in [6.45, 7) is 0.224. The lowest BCUT2D eigenvalue weighted by molar-refractivity contribution is -0.118. The van der Waals surface area contributed by atoms with Gasteiger partial charge in [-0.1, -0.05) is 60.7 Å². The molecule has 6 N–H and O–H groups in total. The molecule has 0 saturated carbocycles. The molecule has 0 bridgehead atoms. The first-order valence-electron chi connectivity index (χ1n) is 16.1. The second-order valence-corrected chi connectivity index (χ2v) is 11.7. The summed E-state index contributed by atoms with van der Waals surface area (Å²) in [6.07, 6.45) is 6.12. The van der Waals surface area contributed by atoms with E-state index in [1.54, 1.807) is 73.3 Å². The van der Waals surface area contributed by atoms with E-state index in [1.165, 1.54) is 0 Å². The highest BCUT2D eigenvalue weighted by molar-refractivity contribution is 5.99. The van der Waals surface area contributed by atoms with Gasteiger partial charge in [0.25, 0.3) is 0 Å². The molecule has 50 heavy (non-hydrogen) atoms. The van der Waals surface area contributed by atoms with Crippen molar-refractivity contribution in [2.75, 3.05) is 23.7 Å². The molecule has 11 nitrogen and oxygen atoms in total. The molecule has 0 radical (unpaired) electrons. The third kappa shape index (κ3) is 8.27. The molecule has 2 atom stereocenters. The molecule has 6 rings (SSSR count). The minimum Gasteiger partial charge on any atom is -0.429 e. The highest BCUT2D eigenvalue weighted by Crippen LogP contribution is 2.24. The molecule has 6 aromatic rings. The van der Waals surface area contributed by atoms with E-state index in [9.17, 15) is 14.4 Å². The van der Waals surface area contributed by atoms with Crippen molar-refractivity contribution in [3.63, 3.8) is 0 Å². The van der Waals surface area contributed by atoms with Crippen molar-refractivity contribution in [1.29, 1.82) is 0 Å². The van der Waals surface area contributed by atoms with Gasteiger partial charge in [-0.15, -0.1) is 0 Å². The van der Waals surface area contributed by atoms with Crippen LogP contribution in [0.15, 0.2) is 122 Å². The van der Waals surface area contributed by atoms with E-state index < -0.39 is 18.0 Å². The van der Waals surface area contributed by atoms with Gasteiger partial charge in [-0.05, 0) is 69.4 Å². The van der Waals surface area contributed by atoms with Crippen LogP contribution >= 0.6 is 0 Å². The zero-order valence-electron chi connectivity index (χ0n) is 27.1. The predicted molar refractivity (Wildman–Crippen MR) is 192 cm³/mol. The van der Waals surface area contributed by atoms with Crippen LogP contribution in [0.3, 0.4) is 0 Å². The van der Waals surface area contributed by atoms with Crippen LogP contribution in [0.2, 0.25) is 0 Å². The summed E-state index contributed by atoms with van der Waals surface area (Å²) >= 11 is 0. The standard InChI is InChI=1S/C39H36N6O5/c40-19-35(37(46)44-33-11-9-31-21-42-15-13-29(31)17-33)27-5-1-25(2-6-27)23-49-39(48)50-24-26-3-7-28(8-4-26)36(20-41)38(47)45-34-12-10-32-22-43-16-14-30(32)18-34/h1-18,21-22,35-36H,19-20,23-24,40-41H2,(H,44,46)(H,45,47)/t35-,36-/m1/s1. The van der Waals surface area contributed by atoms with Gasteiger partial charge in [0.2, 0.25) is 11.8 Å². The average molecular weight is 669 g/mol. The lowest BCUT2D eigenvalue weighted by Crippen LogP contribution is -2.27. The summed E-state index contributed by atoms with van der Waals surface area (Å²) in [5.74, 6) is -1.57. The number of hydrogen-bond acceptors (Lipinski definition) is 9. The van der Waals surface area contributed by atoms with E-state index in [4.69, 9.17) is 20.9 Å². The molecule has 2 aromatic heterocycles. The summed E-state index contributed by atoms with van der Waals surface area (Å²) in [5.41, 5.74) is 16.2. The molecular weight excluding hydrogens is 632 g/mol. The van der Waals surface area contributed by atoms with Crippen molar-refractivity contribution in [2.45, 2.75) is 25.0 Å². The fourth-order valence-corrected chi connectivity index (χ4v) is 5.59. The molecule has 0 saturated heterocycles. The molecule has 11 heteroatoms. The van der Waals surface area contributed by atoms with Crippen LogP contribution in [0, 0.1) is 0 Å². The number of nitrogens with one attached hydrogen (secondary N) is 2. The van der Waals surface area contributed by atoms with E-state index in [-0.39, 0.29) is 38.1 Å². The molecular formula is C39H36N6O5. The van der Waals surface area contributed by atoms with E-state index >= 15 is 0 Å². The summed E-state index contributed by atoms with van der Waals surface area (Å²) in [6, 6.07) is 29.3. The Morgan fingerprint density at radius 3 is 1.38 bits per heavy atom. The summed E-state index contributed by atoms with van der Waals surface area (Å²) < 4.78 is 10.6. The number of pyridine rings is 2. The number of carbonyl (C=O) groups excluding carboxylic acids is 3. The second kappa shape index (κ2) is 15.8. The average Bonchev–Trinajstić information content (AvgIpc) is 3.14. The van der Waals surface area contributed by atoms with Gasteiger partial charge in [-0.2, -0.15) is 0 Å². The number of amides is 2. The zero-order valence-corrected chi connectivity index (χ0v) is 27.1. The summed E-state index contributed by atoms with van der Waals surface area (Å²) in [5, 5.41) is 9.79. The van der Waals surface area contributed by atoms with Gasteiger partial charge >= 0.3 is 6.16 Å². The van der Waals surface area contributed by atoms with Crippen molar-refractivity contribution < 1.29 is 23.9 Å². The molecule has 2 amide bonds. The first-order chi connectivity index (χ1) is 24.4. The van der Waals surface area contributed by atoms with Gasteiger partial charge in [-0.25, -0.2) is 4.79 Å². The van der Waals surface area contributed by atoms with Crippen LogP contribution in [0.4, 0.5) is 16.2 Å². The number of fused-ring (bicyclic) bond motifs is 2. The molecule has 0 aliphatic carbocycles. The fraction of sp³-hybridized carbons (Fsp3) is 0.154. The lowest BCUT2D eigenvalue weighted by atomic mass is 9.97. The number of benzene rings is 4. The molecule has 0 unspecified atom stereocenters. The third-order valence-corrected chi connectivity index (χ3v) is 8.40. The number of aromatic nitrogens is 2. The molecule has 2 heterocycles. The number of nitrogens with zero attached hydrogens (tertiary/aromatic N) is 2. The number of ether oxygens (including phenoxy) is 2. The molecule has 0 fully saturated rings. The van der Waals surface area contributed by atoms with Gasteiger partial charge in [0.05, 0.1) is 11.8 Å². The van der Waals surface area contributed by atoms with Crippen molar-refractivity contribution >= 4 is 50.9 Å². The topological polar surface area (TPSA) is 172 Å². The Kier molecular flexibility index (Phi) is 10.7. The van der Waals surface area contributed by atoms with E-state index in [1.807, 2.05) is 48.5 Å². The Morgan fingerprint density at radius 2 is 0.980 bits per heavy atom. The first-order valence-corrected chi connectivity index (χ1v) is 16.1. The van der Waals surface area contributed by atoms with Crippen LogP contribution in [0.5, 0.6) is 0 Å². The minimum absolute atomic E-state index is 0.00905. The largest absolute Gasteiger partial charge is 0.508 e. The van der Waals surface area contributed by atoms with E-state index in [2.05, 4.69) is 20.6 Å². The molecule has 252 valence electrons. The van der Waals surface area contributed by atoms with Crippen LogP contribution in [0.1, 0.15) is 34.1 Å². The quantitative estimate of drug-likeness (QED) is 0.114. The lowest BCUT2D eigenvalue weighted by Gasteiger charge is -2.16. The molecule has 0 aliphatic rings. The van der Waals surface area contributed by atoms with Crippen LogP contribution in [0.25, 0.3) is 21.5 Å². The van der Waals surface area contributed by atoms with Gasteiger partial charge in [0.15, 0.2) is 0 Å². The Bertz CT molecular complexity index is 1970. The highest BCUT2D eigenvalue weighted by atomic mass is 16.7. The Balaban J connectivity index is 0.964. The van der Waals surface area contributed by atoms with Gasteiger partial charge in [-0.3, -0.25) is 19.6 Å². The van der Waals surface area contributed by atoms with Crippen molar-refractivity contribution in [3.05, 3.63) is 144 Å².